The predicted octanol–water partition coefficient (Wildman–Crippen LogP) is 5.32. The number of hydrogen-bond donors (Lipinski definition) is 0. The SMILES string of the molecule is CCCC[C@@H](CC)C(=O)N1CCS[C@H]1c1ccc(N(CC)CC)cc1. The van der Waals surface area contributed by atoms with Gasteiger partial charge in [0.25, 0.3) is 0 Å². The van der Waals surface area contributed by atoms with Gasteiger partial charge in [-0.3, -0.25) is 4.79 Å². The summed E-state index contributed by atoms with van der Waals surface area (Å²) in [7, 11) is 0. The predicted molar refractivity (Wildman–Crippen MR) is 110 cm³/mol. The van der Waals surface area contributed by atoms with Crippen molar-refractivity contribution in [1.29, 1.82) is 0 Å². The quantitative estimate of drug-likeness (QED) is 0.594. The maximum atomic E-state index is 13.0. The summed E-state index contributed by atoms with van der Waals surface area (Å²) in [6.07, 6.45) is 4.29. The molecule has 0 radical (unpaired) electrons. The second-order valence-electron chi connectivity index (χ2n) is 6.77. The maximum Gasteiger partial charge on any atom is 0.226 e. The Morgan fingerprint density at radius 2 is 1.88 bits per heavy atom. The van der Waals surface area contributed by atoms with Crippen LogP contribution in [0.15, 0.2) is 24.3 Å². The molecule has 140 valence electrons. The Kier molecular flexibility index (Phi) is 8.14. The molecule has 1 aromatic rings. The number of benzene rings is 1. The first-order chi connectivity index (χ1) is 12.2. The average molecular weight is 363 g/mol. The molecule has 4 heteroatoms. The third-order valence-electron chi connectivity index (χ3n) is 5.23. The Labute approximate surface area is 158 Å². The fourth-order valence-electron chi connectivity index (χ4n) is 3.60. The van der Waals surface area contributed by atoms with E-state index >= 15 is 0 Å². The molecule has 0 aliphatic carbocycles. The largest absolute Gasteiger partial charge is 0.372 e. The second-order valence-corrected chi connectivity index (χ2v) is 7.95. The molecule has 25 heavy (non-hydrogen) atoms. The van der Waals surface area contributed by atoms with Gasteiger partial charge in [0.05, 0.1) is 0 Å². The number of anilines is 1. The number of carbonyl (C=O) groups is 1. The zero-order valence-corrected chi connectivity index (χ0v) is 17.1. The standard InChI is InChI=1S/C21H34N2OS/c1-5-9-10-17(6-2)20(24)23-15-16-25-21(23)18-11-13-19(14-12-18)22(7-3)8-4/h11-14,17,21H,5-10,15-16H2,1-4H3/t17-,21+/m1/s1. The molecule has 1 saturated heterocycles. The van der Waals surface area contributed by atoms with Gasteiger partial charge in [0.15, 0.2) is 0 Å². The lowest BCUT2D eigenvalue weighted by molar-refractivity contribution is -0.136. The summed E-state index contributed by atoms with van der Waals surface area (Å²) in [5.74, 6) is 1.59. The van der Waals surface area contributed by atoms with Crippen LogP contribution in [0.2, 0.25) is 0 Å². The van der Waals surface area contributed by atoms with Gasteiger partial charge in [0.1, 0.15) is 5.37 Å². The van der Waals surface area contributed by atoms with Crippen molar-refractivity contribution in [3.8, 4) is 0 Å². The van der Waals surface area contributed by atoms with E-state index in [1.807, 2.05) is 11.8 Å². The monoisotopic (exact) mass is 362 g/mol. The lowest BCUT2D eigenvalue weighted by Crippen LogP contribution is -2.35. The fourth-order valence-corrected chi connectivity index (χ4v) is 4.86. The van der Waals surface area contributed by atoms with Gasteiger partial charge in [0.2, 0.25) is 5.91 Å². The van der Waals surface area contributed by atoms with Crippen molar-refractivity contribution in [3.63, 3.8) is 0 Å². The van der Waals surface area contributed by atoms with Gasteiger partial charge in [-0.2, -0.15) is 0 Å². The molecule has 0 spiro atoms. The smallest absolute Gasteiger partial charge is 0.226 e. The van der Waals surface area contributed by atoms with Crippen LogP contribution < -0.4 is 4.90 Å². The van der Waals surface area contributed by atoms with E-state index in [9.17, 15) is 4.79 Å². The van der Waals surface area contributed by atoms with Crippen LogP contribution in [0.3, 0.4) is 0 Å². The Hall–Kier alpha value is -1.16. The second kappa shape index (κ2) is 10.1. The van der Waals surface area contributed by atoms with E-state index in [-0.39, 0.29) is 11.3 Å². The third-order valence-corrected chi connectivity index (χ3v) is 6.49. The number of nitrogens with zero attached hydrogens (tertiary/aromatic N) is 2. The molecule has 1 aliphatic rings. The van der Waals surface area contributed by atoms with Crippen molar-refractivity contribution in [2.45, 2.75) is 58.8 Å². The molecular formula is C21H34N2OS. The van der Waals surface area contributed by atoms with E-state index in [0.717, 1.165) is 51.1 Å². The highest BCUT2D eigenvalue weighted by Gasteiger charge is 2.33. The van der Waals surface area contributed by atoms with Gasteiger partial charge in [0, 0.05) is 37.0 Å². The minimum Gasteiger partial charge on any atom is -0.372 e. The number of amides is 1. The molecule has 2 atom stereocenters. The molecule has 1 heterocycles. The minimum absolute atomic E-state index is 0.189. The Balaban J connectivity index is 2.11. The summed E-state index contributed by atoms with van der Waals surface area (Å²) < 4.78 is 0. The van der Waals surface area contributed by atoms with Crippen molar-refractivity contribution in [2.24, 2.45) is 5.92 Å². The number of rotatable bonds is 9. The number of hydrogen-bond acceptors (Lipinski definition) is 3. The van der Waals surface area contributed by atoms with E-state index in [4.69, 9.17) is 0 Å². The van der Waals surface area contributed by atoms with E-state index in [1.165, 1.54) is 11.3 Å². The molecule has 1 aliphatic heterocycles. The van der Waals surface area contributed by atoms with Crippen molar-refractivity contribution in [2.75, 3.05) is 30.3 Å². The van der Waals surface area contributed by atoms with Gasteiger partial charge >= 0.3 is 0 Å². The zero-order valence-electron chi connectivity index (χ0n) is 16.3. The minimum atomic E-state index is 0.189. The summed E-state index contributed by atoms with van der Waals surface area (Å²) in [5, 5.41) is 0.189. The molecular weight excluding hydrogens is 328 g/mol. The van der Waals surface area contributed by atoms with E-state index in [1.54, 1.807) is 0 Å². The Morgan fingerprint density at radius 3 is 2.44 bits per heavy atom. The molecule has 2 rings (SSSR count). The van der Waals surface area contributed by atoms with Crippen LogP contribution in [-0.4, -0.2) is 36.2 Å². The first-order valence-corrected chi connectivity index (χ1v) is 11.0. The van der Waals surface area contributed by atoms with E-state index < -0.39 is 0 Å². The number of carbonyl (C=O) groups excluding carboxylic acids is 1. The van der Waals surface area contributed by atoms with Crippen LogP contribution in [0, 0.1) is 5.92 Å². The van der Waals surface area contributed by atoms with Crippen LogP contribution in [0.5, 0.6) is 0 Å². The molecule has 3 nitrogen and oxygen atoms in total. The van der Waals surface area contributed by atoms with Crippen LogP contribution in [-0.2, 0) is 4.79 Å². The van der Waals surface area contributed by atoms with Crippen molar-refractivity contribution < 1.29 is 4.79 Å². The van der Waals surface area contributed by atoms with Crippen LogP contribution in [0.4, 0.5) is 5.69 Å². The average Bonchev–Trinajstić information content (AvgIpc) is 3.13. The summed E-state index contributed by atoms with van der Waals surface area (Å²) in [4.78, 5) is 17.5. The molecule has 0 aromatic heterocycles. The Morgan fingerprint density at radius 1 is 1.20 bits per heavy atom. The van der Waals surface area contributed by atoms with Gasteiger partial charge in [-0.1, -0.05) is 38.8 Å². The highest BCUT2D eigenvalue weighted by Crippen LogP contribution is 2.39. The molecule has 0 unspecified atom stereocenters. The third kappa shape index (κ3) is 4.93. The van der Waals surface area contributed by atoms with Gasteiger partial charge in [-0.15, -0.1) is 11.8 Å². The van der Waals surface area contributed by atoms with E-state index in [0.29, 0.717) is 5.91 Å². The highest BCUT2D eigenvalue weighted by atomic mass is 32.2. The highest BCUT2D eigenvalue weighted by molar-refractivity contribution is 7.99. The lowest BCUT2D eigenvalue weighted by atomic mass is 9.97. The first kappa shape index (κ1) is 20.2. The van der Waals surface area contributed by atoms with Gasteiger partial charge in [-0.05, 0) is 44.4 Å². The van der Waals surface area contributed by atoms with Crippen LogP contribution in [0.25, 0.3) is 0 Å². The van der Waals surface area contributed by atoms with Crippen molar-refractivity contribution in [3.05, 3.63) is 29.8 Å². The van der Waals surface area contributed by atoms with Gasteiger partial charge in [-0.25, -0.2) is 0 Å². The Bertz CT molecular complexity index is 527. The van der Waals surface area contributed by atoms with Crippen molar-refractivity contribution >= 4 is 23.4 Å². The molecule has 0 bridgehead atoms. The molecule has 1 fully saturated rings. The topological polar surface area (TPSA) is 23.6 Å². The summed E-state index contributed by atoms with van der Waals surface area (Å²) in [6.45, 7) is 11.6. The number of unbranched alkanes of at least 4 members (excludes halogenated alkanes) is 1. The fraction of sp³-hybridized carbons (Fsp3) is 0.667. The lowest BCUT2D eigenvalue weighted by Gasteiger charge is -2.28. The van der Waals surface area contributed by atoms with Crippen LogP contribution >= 0.6 is 11.8 Å². The molecule has 1 aromatic carbocycles. The van der Waals surface area contributed by atoms with Crippen molar-refractivity contribution in [1.82, 2.24) is 4.90 Å². The normalized spacial score (nSPS) is 18.4. The summed E-state index contributed by atoms with van der Waals surface area (Å²) in [6, 6.07) is 8.84. The molecule has 1 amide bonds. The molecule has 0 N–H and O–H groups in total. The zero-order chi connectivity index (χ0) is 18.2. The summed E-state index contributed by atoms with van der Waals surface area (Å²) >= 11 is 1.90. The summed E-state index contributed by atoms with van der Waals surface area (Å²) in [5.41, 5.74) is 2.53. The van der Waals surface area contributed by atoms with Crippen LogP contribution in [0.1, 0.15) is 64.3 Å². The van der Waals surface area contributed by atoms with Gasteiger partial charge < -0.3 is 9.80 Å². The molecule has 0 saturated carbocycles. The number of thioether (sulfide) groups is 1. The van der Waals surface area contributed by atoms with E-state index in [2.05, 4.69) is 61.8 Å². The first-order valence-electron chi connectivity index (χ1n) is 9.93. The maximum absolute atomic E-state index is 13.0.